The van der Waals surface area contributed by atoms with Crippen LogP contribution in [0.4, 0.5) is 30.6 Å². The molecule has 1 aromatic heterocycles. The van der Waals surface area contributed by atoms with Crippen LogP contribution >= 0.6 is 0 Å². The standard InChI is InChI=1S/C14H15F3N6/c1-22-4-6-23(7-5-22)14-20-11(8-18-21-14)19-10-3-2-9(15)12(16)13(10)17/h2-3,8H,4-7H2,1H3,(H,19,20,21). The minimum atomic E-state index is -1.53. The zero-order valence-corrected chi connectivity index (χ0v) is 12.4. The summed E-state index contributed by atoms with van der Waals surface area (Å²) in [7, 11) is 2.03. The van der Waals surface area contributed by atoms with E-state index in [4.69, 9.17) is 0 Å². The van der Waals surface area contributed by atoms with E-state index in [2.05, 4.69) is 25.4 Å². The van der Waals surface area contributed by atoms with Crippen LogP contribution in [-0.4, -0.2) is 53.3 Å². The average molecular weight is 324 g/mol. The number of aromatic nitrogens is 3. The highest BCUT2D eigenvalue weighted by molar-refractivity contribution is 5.57. The van der Waals surface area contributed by atoms with Gasteiger partial charge >= 0.3 is 0 Å². The van der Waals surface area contributed by atoms with Gasteiger partial charge in [0, 0.05) is 26.2 Å². The summed E-state index contributed by atoms with van der Waals surface area (Å²) in [6, 6.07) is 1.95. The number of hydrogen-bond donors (Lipinski definition) is 1. The Balaban J connectivity index is 1.79. The smallest absolute Gasteiger partial charge is 0.247 e. The van der Waals surface area contributed by atoms with Gasteiger partial charge in [-0.3, -0.25) is 0 Å². The highest BCUT2D eigenvalue weighted by Crippen LogP contribution is 2.23. The molecule has 0 saturated carbocycles. The first-order chi connectivity index (χ1) is 11.0. The molecule has 0 aliphatic carbocycles. The topological polar surface area (TPSA) is 57.2 Å². The molecule has 6 nitrogen and oxygen atoms in total. The lowest BCUT2D eigenvalue weighted by molar-refractivity contribution is 0.311. The number of halogens is 3. The minimum Gasteiger partial charge on any atom is -0.337 e. The molecule has 0 atom stereocenters. The van der Waals surface area contributed by atoms with Gasteiger partial charge in [0.2, 0.25) is 5.95 Å². The predicted octanol–water partition coefficient (Wildman–Crippen LogP) is 1.78. The Kier molecular flexibility index (Phi) is 4.28. The predicted molar refractivity (Wildman–Crippen MR) is 79.1 cm³/mol. The zero-order valence-electron chi connectivity index (χ0n) is 12.4. The van der Waals surface area contributed by atoms with Crippen molar-refractivity contribution in [3.05, 3.63) is 35.8 Å². The van der Waals surface area contributed by atoms with E-state index >= 15 is 0 Å². The van der Waals surface area contributed by atoms with Crippen LogP contribution in [0, 0.1) is 17.5 Å². The van der Waals surface area contributed by atoms with E-state index in [1.54, 1.807) is 0 Å². The fourth-order valence-electron chi connectivity index (χ4n) is 2.26. The molecule has 9 heteroatoms. The largest absolute Gasteiger partial charge is 0.337 e. The molecular weight excluding hydrogens is 309 g/mol. The molecule has 1 aliphatic rings. The maximum Gasteiger partial charge on any atom is 0.247 e. The monoisotopic (exact) mass is 324 g/mol. The third-order valence-electron chi connectivity index (χ3n) is 3.63. The van der Waals surface area contributed by atoms with E-state index in [1.165, 1.54) is 6.20 Å². The first-order valence-electron chi connectivity index (χ1n) is 7.08. The second-order valence-corrected chi connectivity index (χ2v) is 5.28. The summed E-state index contributed by atoms with van der Waals surface area (Å²) in [4.78, 5) is 8.39. The third kappa shape index (κ3) is 3.34. The Morgan fingerprint density at radius 3 is 2.52 bits per heavy atom. The van der Waals surface area contributed by atoms with Crippen molar-refractivity contribution in [3.8, 4) is 0 Å². The van der Waals surface area contributed by atoms with Crippen molar-refractivity contribution >= 4 is 17.5 Å². The molecular formula is C14H15F3N6. The van der Waals surface area contributed by atoms with Crippen molar-refractivity contribution in [1.29, 1.82) is 0 Å². The summed E-state index contributed by atoms with van der Waals surface area (Å²) in [5, 5.41) is 10.4. The second kappa shape index (κ2) is 6.37. The number of likely N-dealkylation sites (N-methyl/N-ethyl adjacent to an activating group) is 1. The van der Waals surface area contributed by atoms with E-state index in [-0.39, 0.29) is 11.5 Å². The Morgan fingerprint density at radius 2 is 1.78 bits per heavy atom. The van der Waals surface area contributed by atoms with Crippen LogP contribution in [0.25, 0.3) is 0 Å². The van der Waals surface area contributed by atoms with Gasteiger partial charge in [0.25, 0.3) is 0 Å². The first kappa shape index (κ1) is 15.5. The van der Waals surface area contributed by atoms with E-state index in [0.29, 0.717) is 5.95 Å². The normalized spacial score (nSPS) is 15.7. The second-order valence-electron chi connectivity index (χ2n) is 5.28. The molecule has 1 saturated heterocycles. The van der Waals surface area contributed by atoms with Gasteiger partial charge in [-0.05, 0) is 19.2 Å². The molecule has 0 unspecified atom stereocenters. The number of nitrogens with zero attached hydrogens (tertiary/aromatic N) is 5. The summed E-state index contributed by atoms with van der Waals surface area (Å²) >= 11 is 0. The van der Waals surface area contributed by atoms with Crippen LogP contribution in [0.15, 0.2) is 18.3 Å². The fourth-order valence-corrected chi connectivity index (χ4v) is 2.26. The molecule has 23 heavy (non-hydrogen) atoms. The minimum absolute atomic E-state index is 0.207. The Hall–Kier alpha value is -2.42. The lowest BCUT2D eigenvalue weighted by Crippen LogP contribution is -2.45. The molecule has 1 fully saturated rings. The summed E-state index contributed by atoms with van der Waals surface area (Å²) in [6.45, 7) is 3.25. The summed E-state index contributed by atoms with van der Waals surface area (Å²) in [5.74, 6) is -3.46. The lowest BCUT2D eigenvalue weighted by atomic mass is 10.3. The molecule has 0 radical (unpaired) electrons. The van der Waals surface area contributed by atoms with Crippen LogP contribution in [0.3, 0.4) is 0 Å². The van der Waals surface area contributed by atoms with E-state index in [1.807, 2.05) is 11.9 Å². The summed E-state index contributed by atoms with van der Waals surface area (Å²) in [5.41, 5.74) is -0.214. The molecule has 3 rings (SSSR count). The fraction of sp³-hybridized carbons (Fsp3) is 0.357. The van der Waals surface area contributed by atoms with Gasteiger partial charge in [-0.1, -0.05) is 0 Å². The lowest BCUT2D eigenvalue weighted by Gasteiger charge is -2.32. The SMILES string of the molecule is CN1CCN(c2nncc(Nc3ccc(F)c(F)c3F)n2)CC1. The van der Waals surface area contributed by atoms with Gasteiger partial charge in [-0.2, -0.15) is 10.1 Å². The van der Waals surface area contributed by atoms with Crippen LogP contribution in [-0.2, 0) is 0 Å². The van der Waals surface area contributed by atoms with Crippen molar-refractivity contribution < 1.29 is 13.2 Å². The van der Waals surface area contributed by atoms with E-state index in [9.17, 15) is 13.2 Å². The molecule has 1 aromatic carbocycles. The molecule has 2 aromatic rings. The molecule has 0 bridgehead atoms. The van der Waals surface area contributed by atoms with Crippen molar-refractivity contribution in [1.82, 2.24) is 20.1 Å². The van der Waals surface area contributed by atoms with Gasteiger partial charge in [-0.25, -0.2) is 13.2 Å². The Labute approximate surface area is 131 Å². The number of rotatable bonds is 3. The number of hydrogen-bond acceptors (Lipinski definition) is 6. The molecule has 1 N–H and O–H groups in total. The maximum atomic E-state index is 13.7. The molecule has 1 aliphatic heterocycles. The molecule has 122 valence electrons. The van der Waals surface area contributed by atoms with Crippen LogP contribution in [0.5, 0.6) is 0 Å². The third-order valence-corrected chi connectivity index (χ3v) is 3.63. The highest BCUT2D eigenvalue weighted by Gasteiger charge is 2.18. The number of anilines is 3. The van der Waals surface area contributed by atoms with E-state index < -0.39 is 17.5 Å². The van der Waals surface area contributed by atoms with Crippen molar-refractivity contribution in [2.24, 2.45) is 0 Å². The number of piperazine rings is 1. The van der Waals surface area contributed by atoms with Crippen molar-refractivity contribution in [2.75, 3.05) is 43.4 Å². The highest BCUT2D eigenvalue weighted by atomic mass is 19.2. The van der Waals surface area contributed by atoms with Crippen molar-refractivity contribution in [3.63, 3.8) is 0 Å². The van der Waals surface area contributed by atoms with Gasteiger partial charge in [0.1, 0.15) is 0 Å². The summed E-state index contributed by atoms with van der Waals surface area (Å²) in [6.07, 6.45) is 1.29. The quantitative estimate of drug-likeness (QED) is 0.869. The molecule has 0 spiro atoms. The molecule has 2 heterocycles. The first-order valence-corrected chi connectivity index (χ1v) is 7.08. The molecule has 0 amide bonds. The van der Waals surface area contributed by atoms with Gasteiger partial charge in [0.15, 0.2) is 23.3 Å². The number of benzene rings is 1. The van der Waals surface area contributed by atoms with Crippen LogP contribution < -0.4 is 10.2 Å². The van der Waals surface area contributed by atoms with Crippen molar-refractivity contribution in [2.45, 2.75) is 0 Å². The zero-order chi connectivity index (χ0) is 16.4. The Morgan fingerprint density at radius 1 is 1.04 bits per heavy atom. The average Bonchev–Trinajstić information content (AvgIpc) is 2.56. The van der Waals surface area contributed by atoms with Gasteiger partial charge in [-0.15, -0.1) is 5.10 Å². The Bertz CT molecular complexity index is 703. The van der Waals surface area contributed by atoms with Crippen LogP contribution in [0.2, 0.25) is 0 Å². The van der Waals surface area contributed by atoms with Gasteiger partial charge in [0.05, 0.1) is 11.9 Å². The maximum absolute atomic E-state index is 13.7. The van der Waals surface area contributed by atoms with Crippen LogP contribution in [0.1, 0.15) is 0 Å². The van der Waals surface area contributed by atoms with Gasteiger partial charge < -0.3 is 15.1 Å². The number of nitrogens with one attached hydrogen (secondary N) is 1. The summed E-state index contributed by atoms with van der Waals surface area (Å²) < 4.78 is 39.9. The van der Waals surface area contributed by atoms with E-state index in [0.717, 1.165) is 38.3 Å².